The predicted molar refractivity (Wildman–Crippen MR) is 155 cm³/mol. The molecule has 0 aliphatic carbocycles. The van der Waals surface area contributed by atoms with E-state index in [0.29, 0.717) is 48.1 Å². The van der Waals surface area contributed by atoms with E-state index in [4.69, 9.17) is 14.7 Å². The van der Waals surface area contributed by atoms with Crippen LogP contribution < -0.4 is 15.0 Å². The van der Waals surface area contributed by atoms with E-state index in [1.54, 1.807) is 12.3 Å². The summed E-state index contributed by atoms with van der Waals surface area (Å²) in [6, 6.07) is 22.7. The Morgan fingerprint density at radius 1 is 1.10 bits per heavy atom. The van der Waals surface area contributed by atoms with Gasteiger partial charge in [0.05, 0.1) is 37.5 Å². The Labute approximate surface area is 239 Å². The summed E-state index contributed by atoms with van der Waals surface area (Å²) in [4.78, 5) is 10.9. The molecular weight excluding hydrogens is 517 g/mol. The van der Waals surface area contributed by atoms with Crippen molar-refractivity contribution in [3.63, 3.8) is 0 Å². The molecule has 2 aliphatic heterocycles. The first-order chi connectivity index (χ1) is 19.9. The zero-order valence-electron chi connectivity index (χ0n) is 23.2. The molecule has 6 rings (SSSR count). The highest BCUT2D eigenvalue weighted by atomic mass is 19.1. The van der Waals surface area contributed by atoms with E-state index in [0.717, 1.165) is 29.7 Å². The Morgan fingerprint density at radius 3 is 2.68 bits per heavy atom. The van der Waals surface area contributed by atoms with Crippen LogP contribution in [0.2, 0.25) is 0 Å². The van der Waals surface area contributed by atoms with Gasteiger partial charge in [0, 0.05) is 18.2 Å². The summed E-state index contributed by atoms with van der Waals surface area (Å²) < 4.78 is 27.1. The van der Waals surface area contributed by atoms with Crippen LogP contribution >= 0.6 is 0 Å². The summed E-state index contributed by atoms with van der Waals surface area (Å²) in [5, 5.41) is 12.6. The minimum absolute atomic E-state index is 0.234. The van der Waals surface area contributed by atoms with Crippen molar-refractivity contribution >= 4 is 5.82 Å². The van der Waals surface area contributed by atoms with Gasteiger partial charge in [0.1, 0.15) is 23.5 Å². The Balaban J connectivity index is 1.15. The number of hydrogen-bond acceptors (Lipinski definition) is 7. The number of nitrogens with one attached hydrogen (secondary N) is 1. The molecule has 0 radical (unpaired) electrons. The third-order valence-electron chi connectivity index (χ3n) is 7.84. The number of ether oxygens (including phenoxy) is 2. The van der Waals surface area contributed by atoms with Crippen molar-refractivity contribution in [2.75, 3.05) is 24.6 Å². The van der Waals surface area contributed by atoms with Gasteiger partial charge >= 0.3 is 0 Å². The molecule has 1 spiro atoms. The molecule has 3 heterocycles. The van der Waals surface area contributed by atoms with Gasteiger partial charge in [-0.2, -0.15) is 5.26 Å². The van der Waals surface area contributed by atoms with Crippen LogP contribution in [0, 0.1) is 17.1 Å². The summed E-state index contributed by atoms with van der Waals surface area (Å²) >= 11 is 0. The predicted octanol–water partition coefficient (Wildman–Crippen LogP) is 6.21. The van der Waals surface area contributed by atoms with Crippen LogP contribution in [0.5, 0.6) is 11.5 Å². The molecule has 1 aromatic heterocycles. The third-order valence-corrected chi connectivity index (χ3v) is 7.84. The molecule has 0 bridgehead atoms. The van der Waals surface area contributed by atoms with E-state index in [9.17, 15) is 4.39 Å². The van der Waals surface area contributed by atoms with E-state index in [2.05, 4.69) is 46.2 Å². The van der Waals surface area contributed by atoms with Gasteiger partial charge in [-0.1, -0.05) is 50.2 Å². The van der Waals surface area contributed by atoms with Gasteiger partial charge in [0.15, 0.2) is 11.6 Å². The summed E-state index contributed by atoms with van der Waals surface area (Å²) in [5.41, 5.74) is 4.33. The molecule has 1 N–H and O–H groups in total. The van der Waals surface area contributed by atoms with Gasteiger partial charge < -0.3 is 19.7 Å². The number of nitriles is 1. The number of anilines is 1. The van der Waals surface area contributed by atoms with Gasteiger partial charge in [0.2, 0.25) is 0 Å². The van der Waals surface area contributed by atoms with Crippen molar-refractivity contribution < 1.29 is 13.9 Å². The number of nitrogens with zero attached hydrogens (tertiary/aromatic N) is 4. The molecule has 0 saturated carbocycles. The fraction of sp³-hybridized carbons (Fsp3) is 0.303. The normalized spacial score (nSPS) is 17.4. The van der Waals surface area contributed by atoms with E-state index in [1.807, 2.05) is 42.5 Å². The quantitative estimate of drug-likeness (QED) is 0.280. The van der Waals surface area contributed by atoms with E-state index in [-0.39, 0.29) is 23.4 Å². The lowest BCUT2D eigenvalue weighted by atomic mass is 9.89. The van der Waals surface area contributed by atoms with Crippen LogP contribution in [-0.2, 0) is 11.3 Å². The molecule has 1 unspecified atom stereocenters. The monoisotopic (exact) mass is 549 g/mol. The van der Waals surface area contributed by atoms with Crippen LogP contribution in [0.1, 0.15) is 42.9 Å². The number of hydrogen-bond donors (Lipinski definition) is 1. The van der Waals surface area contributed by atoms with Gasteiger partial charge in [-0.05, 0) is 59.4 Å². The molecule has 2 fully saturated rings. The van der Waals surface area contributed by atoms with Crippen LogP contribution in [0.3, 0.4) is 0 Å². The third kappa shape index (κ3) is 5.64. The van der Waals surface area contributed by atoms with Crippen LogP contribution in [0.25, 0.3) is 11.1 Å². The van der Waals surface area contributed by atoms with Crippen LogP contribution in [0.15, 0.2) is 79.3 Å². The van der Waals surface area contributed by atoms with E-state index >= 15 is 0 Å². The molecule has 3 aromatic carbocycles. The minimum Gasteiger partial charge on any atom is -0.451 e. The van der Waals surface area contributed by atoms with Gasteiger partial charge in [0.25, 0.3) is 0 Å². The molecule has 41 heavy (non-hydrogen) atoms. The second-order valence-electron chi connectivity index (χ2n) is 11.1. The maximum atomic E-state index is 14.4. The zero-order valence-corrected chi connectivity index (χ0v) is 23.2. The topological polar surface area (TPSA) is 83.3 Å². The summed E-state index contributed by atoms with van der Waals surface area (Å²) in [5.74, 6) is 1.71. The molecule has 2 saturated heterocycles. The van der Waals surface area contributed by atoms with Crippen molar-refractivity contribution in [1.82, 2.24) is 15.3 Å². The van der Waals surface area contributed by atoms with Crippen LogP contribution in [-0.4, -0.2) is 41.3 Å². The molecule has 4 aromatic rings. The molecule has 7 nitrogen and oxygen atoms in total. The Bertz CT molecular complexity index is 1580. The fourth-order valence-corrected chi connectivity index (χ4v) is 5.74. The van der Waals surface area contributed by atoms with Gasteiger partial charge in [-0.3, -0.25) is 0 Å². The average molecular weight is 550 g/mol. The summed E-state index contributed by atoms with van der Waals surface area (Å²) in [6.45, 7) is 7.01. The molecule has 1 atom stereocenters. The van der Waals surface area contributed by atoms with E-state index in [1.165, 1.54) is 18.5 Å². The van der Waals surface area contributed by atoms with Gasteiger partial charge in [-0.15, -0.1) is 0 Å². The number of benzene rings is 3. The Hall–Kier alpha value is -4.32. The summed E-state index contributed by atoms with van der Waals surface area (Å²) in [6.07, 6.45) is 4.08. The first kappa shape index (κ1) is 26.9. The zero-order chi connectivity index (χ0) is 28.4. The second-order valence-corrected chi connectivity index (χ2v) is 11.1. The lowest BCUT2D eigenvalue weighted by Gasteiger charge is -2.47. The highest BCUT2D eigenvalue weighted by molar-refractivity contribution is 5.75. The number of aromatic nitrogens is 2. The van der Waals surface area contributed by atoms with E-state index < -0.39 is 0 Å². The van der Waals surface area contributed by atoms with Crippen molar-refractivity contribution in [3.05, 3.63) is 102 Å². The molecule has 8 heteroatoms. The maximum Gasteiger partial charge on any atom is 0.188 e. The number of halogens is 1. The largest absolute Gasteiger partial charge is 0.451 e. The van der Waals surface area contributed by atoms with Crippen molar-refractivity contribution in [3.8, 4) is 28.7 Å². The summed E-state index contributed by atoms with van der Waals surface area (Å²) in [7, 11) is 0. The second kappa shape index (κ2) is 11.3. The average Bonchev–Trinajstić information content (AvgIpc) is 3.42. The molecule has 2 aliphatic rings. The van der Waals surface area contributed by atoms with Crippen LogP contribution in [0.4, 0.5) is 10.2 Å². The minimum atomic E-state index is -0.319. The van der Waals surface area contributed by atoms with Gasteiger partial charge in [-0.25, -0.2) is 14.4 Å². The standard InChI is InChI=1S/C33H32FN5O2/c1-22(2)27-5-3-4-6-28(27)29-13-25(34)11-12-30(29)41-31-17-36-21-38-32(31)39-19-33(20-39)14-26(18-40-33)37-16-24-9-7-23(15-35)8-10-24/h3-13,17,21-22,26,37H,14,16,18-20H2,1-2H3. The Morgan fingerprint density at radius 2 is 1.90 bits per heavy atom. The lowest BCUT2D eigenvalue weighted by molar-refractivity contribution is -0.0189. The van der Waals surface area contributed by atoms with Crippen molar-refractivity contribution in [2.24, 2.45) is 0 Å². The molecule has 208 valence electrons. The number of rotatable bonds is 8. The Kier molecular flexibility index (Phi) is 7.39. The van der Waals surface area contributed by atoms with Crippen molar-refractivity contribution in [2.45, 2.75) is 44.4 Å². The lowest BCUT2D eigenvalue weighted by Crippen LogP contribution is -2.62. The molecule has 0 amide bonds. The highest BCUT2D eigenvalue weighted by Gasteiger charge is 2.50. The highest BCUT2D eigenvalue weighted by Crippen LogP contribution is 2.43. The fourth-order valence-electron chi connectivity index (χ4n) is 5.74. The first-order valence-corrected chi connectivity index (χ1v) is 13.9. The van der Waals surface area contributed by atoms with Crippen molar-refractivity contribution in [1.29, 1.82) is 5.26 Å². The first-order valence-electron chi connectivity index (χ1n) is 13.9. The SMILES string of the molecule is CC(C)c1ccccc1-c1cc(F)ccc1Oc1cncnc1N1CC2(CC(NCc3ccc(C#N)cc3)CO2)C1. The molecular formula is C33H32FN5O2. The smallest absolute Gasteiger partial charge is 0.188 e. The maximum absolute atomic E-state index is 14.4.